The van der Waals surface area contributed by atoms with Gasteiger partial charge in [0.15, 0.2) is 5.13 Å². The zero-order valence-corrected chi connectivity index (χ0v) is 10.5. The van der Waals surface area contributed by atoms with E-state index in [2.05, 4.69) is 15.3 Å². The number of hydrogen-bond donors (Lipinski definition) is 1. The Morgan fingerprint density at radius 3 is 3.00 bits per heavy atom. The first-order valence-corrected chi connectivity index (χ1v) is 6.28. The van der Waals surface area contributed by atoms with Gasteiger partial charge in [-0.2, -0.15) is 0 Å². The average Bonchev–Trinajstić information content (AvgIpc) is 2.73. The number of anilines is 2. The summed E-state index contributed by atoms with van der Waals surface area (Å²) in [6, 6.07) is 6.55. The van der Waals surface area contributed by atoms with Gasteiger partial charge in [0.2, 0.25) is 0 Å². The van der Waals surface area contributed by atoms with Crippen molar-refractivity contribution in [3.05, 3.63) is 48.0 Å². The van der Waals surface area contributed by atoms with E-state index in [1.165, 1.54) is 23.5 Å². The van der Waals surface area contributed by atoms with Crippen molar-refractivity contribution in [2.45, 2.75) is 6.92 Å². The largest absolute Gasteiger partial charge is 0.330 e. The van der Waals surface area contributed by atoms with E-state index in [1.54, 1.807) is 18.5 Å². The minimum absolute atomic E-state index is 0.267. The Balaban J connectivity index is 1.98. The number of aryl methyl sites for hydroxylation is 1. The molecule has 0 amide bonds. The van der Waals surface area contributed by atoms with Crippen LogP contribution in [-0.2, 0) is 0 Å². The summed E-state index contributed by atoms with van der Waals surface area (Å²) in [6.45, 7) is 2.00. The number of fused-ring (bicyclic) bond motifs is 1. The van der Waals surface area contributed by atoms with Gasteiger partial charge in [0.05, 0.1) is 22.1 Å². The monoisotopic (exact) mass is 259 g/mol. The molecule has 3 nitrogen and oxygen atoms in total. The predicted molar refractivity (Wildman–Crippen MR) is 71.8 cm³/mol. The molecule has 0 bridgehead atoms. The lowest BCUT2D eigenvalue weighted by Gasteiger charge is -2.04. The highest BCUT2D eigenvalue weighted by molar-refractivity contribution is 7.22. The second-order valence-electron chi connectivity index (χ2n) is 3.95. The summed E-state index contributed by atoms with van der Waals surface area (Å²) < 4.78 is 14.0. The van der Waals surface area contributed by atoms with Crippen molar-refractivity contribution >= 4 is 32.4 Å². The molecular weight excluding hydrogens is 249 g/mol. The molecule has 5 heteroatoms. The number of pyridine rings is 1. The van der Waals surface area contributed by atoms with Gasteiger partial charge in [0.25, 0.3) is 0 Å². The molecule has 0 aliphatic heterocycles. The maximum Gasteiger partial charge on any atom is 0.188 e. The standard InChI is InChI=1S/C13H10FN3S/c1-8-4-5-15-7-11(8)17-13-16-10-6-9(14)2-3-12(10)18-13/h2-7H,1H3,(H,16,17). The summed E-state index contributed by atoms with van der Waals surface area (Å²) in [5.41, 5.74) is 2.68. The minimum atomic E-state index is -0.267. The first-order chi connectivity index (χ1) is 8.72. The van der Waals surface area contributed by atoms with E-state index in [4.69, 9.17) is 0 Å². The highest BCUT2D eigenvalue weighted by Gasteiger charge is 2.06. The quantitative estimate of drug-likeness (QED) is 0.758. The summed E-state index contributed by atoms with van der Waals surface area (Å²) in [5, 5.41) is 3.95. The van der Waals surface area contributed by atoms with Gasteiger partial charge in [-0.05, 0) is 30.7 Å². The van der Waals surface area contributed by atoms with Gasteiger partial charge < -0.3 is 5.32 Å². The lowest BCUT2D eigenvalue weighted by molar-refractivity contribution is 0.629. The Morgan fingerprint density at radius 2 is 2.17 bits per heavy atom. The van der Waals surface area contributed by atoms with Crippen LogP contribution in [0.4, 0.5) is 15.2 Å². The molecule has 0 spiro atoms. The molecule has 0 saturated heterocycles. The topological polar surface area (TPSA) is 37.8 Å². The van der Waals surface area contributed by atoms with Crippen molar-refractivity contribution in [3.63, 3.8) is 0 Å². The second kappa shape index (κ2) is 4.34. The third-order valence-electron chi connectivity index (χ3n) is 2.63. The number of hydrogen-bond acceptors (Lipinski definition) is 4. The molecule has 0 aliphatic carbocycles. The van der Waals surface area contributed by atoms with Crippen LogP contribution in [0, 0.1) is 12.7 Å². The number of aromatic nitrogens is 2. The van der Waals surface area contributed by atoms with Crippen LogP contribution in [0.25, 0.3) is 10.2 Å². The molecule has 0 saturated carbocycles. The molecule has 2 aromatic heterocycles. The number of nitrogens with one attached hydrogen (secondary N) is 1. The van der Waals surface area contributed by atoms with Crippen molar-refractivity contribution in [1.82, 2.24) is 9.97 Å². The van der Waals surface area contributed by atoms with Crippen molar-refractivity contribution < 1.29 is 4.39 Å². The van der Waals surface area contributed by atoms with Crippen LogP contribution in [0.1, 0.15) is 5.56 Å². The highest BCUT2D eigenvalue weighted by Crippen LogP contribution is 2.29. The van der Waals surface area contributed by atoms with Crippen LogP contribution in [0.5, 0.6) is 0 Å². The maximum atomic E-state index is 13.1. The van der Waals surface area contributed by atoms with Gasteiger partial charge in [-0.3, -0.25) is 4.98 Å². The van der Waals surface area contributed by atoms with E-state index in [9.17, 15) is 4.39 Å². The molecule has 1 N–H and O–H groups in total. The molecule has 3 rings (SSSR count). The SMILES string of the molecule is Cc1ccncc1Nc1nc2cc(F)ccc2s1. The predicted octanol–water partition coefficient (Wildman–Crippen LogP) is 3.88. The highest BCUT2D eigenvalue weighted by atomic mass is 32.1. The van der Waals surface area contributed by atoms with Crippen molar-refractivity contribution in [1.29, 1.82) is 0 Å². The van der Waals surface area contributed by atoms with Gasteiger partial charge in [0.1, 0.15) is 5.82 Å². The molecule has 1 aromatic carbocycles. The van der Waals surface area contributed by atoms with Crippen LogP contribution in [0.3, 0.4) is 0 Å². The van der Waals surface area contributed by atoms with Crippen molar-refractivity contribution in [2.24, 2.45) is 0 Å². The number of benzene rings is 1. The van der Waals surface area contributed by atoms with Gasteiger partial charge in [-0.1, -0.05) is 11.3 Å². The van der Waals surface area contributed by atoms with E-state index in [0.717, 1.165) is 21.1 Å². The summed E-state index contributed by atoms with van der Waals surface area (Å²) in [6.07, 6.45) is 3.50. The maximum absolute atomic E-state index is 13.1. The fourth-order valence-corrected chi connectivity index (χ4v) is 2.52. The zero-order valence-electron chi connectivity index (χ0n) is 9.64. The molecule has 2 heterocycles. The molecule has 0 atom stereocenters. The van der Waals surface area contributed by atoms with Gasteiger partial charge in [-0.15, -0.1) is 0 Å². The Hall–Kier alpha value is -2.01. The Kier molecular flexibility index (Phi) is 2.68. The first-order valence-electron chi connectivity index (χ1n) is 5.46. The molecule has 0 aliphatic rings. The molecule has 90 valence electrons. The summed E-state index contributed by atoms with van der Waals surface area (Å²) in [4.78, 5) is 8.41. The summed E-state index contributed by atoms with van der Waals surface area (Å²) in [7, 11) is 0. The molecule has 18 heavy (non-hydrogen) atoms. The fourth-order valence-electron chi connectivity index (χ4n) is 1.66. The lowest BCUT2D eigenvalue weighted by Crippen LogP contribution is -1.92. The van der Waals surface area contributed by atoms with E-state index in [-0.39, 0.29) is 5.82 Å². The molecule has 0 radical (unpaired) electrons. The van der Waals surface area contributed by atoms with Crippen LogP contribution in [0.15, 0.2) is 36.7 Å². The van der Waals surface area contributed by atoms with Gasteiger partial charge in [-0.25, -0.2) is 9.37 Å². The molecule has 3 aromatic rings. The normalized spacial score (nSPS) is 10.8. The summed E-state index contributed by atoms with van der Waals surface area (Å²) >= 11 is 1.49. The molecular formula is C13H10FN3S. The fraction of sp³-hybridized carbons (Fsp3) is 0.0769. The number of thiazole rings is 1. The van der Waals surface area contributed by atoms with Crippen LogP contribution in [-0.4, -0.2) is 9.97 Å². The average molecular weight is 259 g/mol. The van der Waals surface area contributed by atoms with Crippen molar-refractivity contribution in [2.75, 3.05) is 5.32 Å². The van der Waals surface area contributed by atoms with E-state index < -0.39 is 0 Å². The summed E-state index contributed by atoms with van der Waals surface area (Å²) in [5.74, 6) is -0.267. The van der Waals surface area contributed by atoms with E-state index in [0.29, 0.717) is 5.52 Å². The van der Waals surface area contributed by atoms with Crippen LogP contribution < -0.4 is 5.32 Å². The number of nitrogens with zero attached hydrogens (tertiary/aromatic N) is 2. The second-order valence-corrected chi connectivity index (χ2v) is 4.98. The van der Waals surface area contributed by atoms with Gasteiger partial charge in [0, 0.05) is 12.3 Å². The number of halogens is 1. The number of rotatable bonds is 2. The minimum Gasteiger partial charge on any atom is -0.330 e. The van der Waals surface area contributed by atoms with Crippen LogP contribution >= 0.6 is 11.3 Å². The van der Waals surface area contributed by atoms with Crippen LogP contribution in [0.2, 0.25) is 0 Å². The third-order valence-corrected chi connectivity index (χ3v) is 3.58. The van der Waals surface area contributed by atoms with Crippen molar-refractivity contribution in [3.8, 4) is 0 Å². The lowest BCUT2D eigenvalue weighted by atomic mass is 10.2. The smallest absolute Gasteiger partial charge is 0.188 e. The zero-order chi connectivity index (χ0) is 12.5. The van der Waals surface area contributed by atoms with E-state index >= 15 is 0 Å². The first kappa shape index (κ1) is 11.1. The van der Waals surface area contributed by atoms with E-state index in [1.807, 2.05) is 13.0 Å². The third kappa shape index (κ3) is 2.04. The molecule has 0 fully saturated rings. The Labute approximate surface area is 107 Å². The Bertz CT molecular complexity index is 708. The van der Waals surface area contributed by atoms with Gasteiger partial charge >= 0.3 is 0 Å². The Morgan fingerprint density at radius 1 is 1.28 bits per heavy atom. The molecule has 0 unspecified atom stereocenters.